The first kappa shape index (κ1) is 9.63. The topological polar surface area (TPSA) is 43.1 Å². The summed E-state index contributed by atoms with van der Waals surface area (Å²) < 4.78 is 0. The zero-order valence-corrected chi connectivity index (χ0v) is 6.89. The van der Waals surface area contributed by atoms with Crippen LogP contribution in [0.5, 0.6) is 0 Å². The molecule has 0 bridgehead atoms. The monoisotopic (exact) mass is 143 g/mol. The van der Waals surface area contributed by atoms with Gasteiger partial charge in [-0.1, -0.05) is 13.3 Å². The van der Waals surface area contributed by atoms with Crippen molar-refractivity contribution in [2.24, 2.45) is 11.7 Å². The first-order valence-electron chi connectivity index (χ1n) is 3.89. The molecule has 0 amide bonds. The Bertz CT molecular complexity index is 101. The van der Waals surface area contributed by atoms with E-state index in [0.717, 1.165) is 25.8 Å². The van der Waals surface area contributed by atoms with Crippen LogP contribution in [-0.4, -0.2) is 12.3 Å². The minimum atomic E-state index is 0.228. The van der Waals surface area contributed by atoms with Gasteiger partial charge in [0.1, 0.15) is 5.78 Å². The number of hydrogen-bond donors (Lipinski definition) is 1. The highest BCUT2D eigenvalue weighted by atomic mass is 16.1. The molecular formula is C8H17NO. The predicted octanol–water partition coefficient (Wildman–Crippen LogP) is 1.34. The Morgan fingerprint density at radius 3 is 2.50 bits per heavy atom. The van der Waals surface area contributed by atoms with Crippen molar-refractivity contribution in [1.82, 2.24) is 0 Å². The van der Waals surface area contributed by atoms with E-state index in [4.69, 9.17) is 5.73 Å². The molecule has 0 aromatic carbocycles. The summed E-state index contributed by atoms with van der Waals surface area (Å²) in [5.74, 6) is 0.517. The van der Waals surface area contributed by atoms with Gasteiger partial charge in [-0.3, -0.25) is 4.79 Å². The maximum Gasteiger partial charge on any atom is 0.132 e. The van der Waals surface area contributed by atoms with Gasteiger partial charge in [-0.05, 0) is 26.3 Å². The lowest BCUT2D eigenvalue weighted by molar-refractivity contribution is -0.120. The van der Waals surface area contributed by atoms with Crippen LogP contribution in [0.15, 0.2) is 0 Å². The van der Waals surface area contributed by atoms with Crippen LogP contribution in [0.2, 0.25) is 0 Å². The molecule has 0 unspecified atom stereocenters. The van der Waals surface area contributed by atoms with E-state index in [1.54, 1.807) is 6.92 Å². The molecule has 0 aliphatic rings. The van der Waals surface area contributed by atoms with Gasteiger partial charge in [-0.2, -0.15) is 0 Å². The number of carbonyl (C=O) groups is 1. The van der Waals surface area contributed by atoms with Gasteiger partial charge in [0.25, 0.3) is 0 Å². The molecular weight excluding hydrogens is 126 g/mol. The van der Waals surface area contributed by atoms with Gasteiger partial charge >= 0.3 is 0 Å². The summed E-state index contributed by atoms with van der Waals surface area (Å²) in [6.07, 6.45) is 3.11. The summed E-state index contributed by atoms with van der Waals surface area (Å²) in [5.41, 5.74) is 5.31. The number of ketones is 1. The quantitative estimate of drug-likeness (QED) is 0.590. The van der Waals surface area contributed by atoms with Crippen LogP contribution in [0.25, 0.3) is 0 Å². The van der Waals surface area contributed by atoms with Gasteiger partial charge < -0.3 is 5.73 Å². The van der Waals surface area contributed by atoms with Crippen LogP contribution >= 0.6 is 0 Å². The minimum absolute atomic E-state index is 0.228. The molecule has 2 N–H and O–H groups in total. The molecule has 0 aromatic heterocycles. The van der Waals surface area contributed by atoms with Gasteiger partial charge in [0.15, 0.2) is 0 Å². The third-order valence-corrected chi connectivity index (χ3v) is 1.79. The van der Waals surface area contributed by atoms with Crippen LogP contribution < -0.4 is 5.73 Å². The average Bonchev–Trinajstić information content (AvgIpc) is 1.88. The molecule has 0 saturated heterocycles. The highest BCUT2D eigenvalue weighted by Gasteiger charge is 2.05. The minimum Gasteiger partial charge on any atom is -0.330 e. The Balaban J connectivity index is 3.21. The Morgan fingerprint density at radius 1 is 1.50 bits per heavy atom. The average molecular weight is 143 g/mol. The molecule has 0 heterocycles. The van der Waals surface area contributed by atoms with Gasteiger partial charge in [-0.15, -0.1) is 0 Å². The van der Waals surface area contributed by atoms with E-state index in [-0.39, 0.29) is 11.7 Å². The first-order chi connectivity index (χ1) is 4.68. The van der Waals surface area contributed by atoms with Crippen LogP contribution in [0.1, 0.15) is 33.1 Å². The maximum atomic E-state index is 10.7. The molecule has 10 heavy (non-hydrogen) atoms. The number of rotatable bonds is 5. The maximum absolute atomic E-state index is 10.7. The van der Waals surface area contributed by atoms with E-state index < -0.39 is 0 Å². The van der Waals surface area contributed by atoms with Gasteiger partial charge in [-0.25, -0.2) is 0 Å². The van der Waals surface area contributed by atoms with E-state index in [0.29, 0.717) is 0 Å². The second-order valence-electron chi connectivity index (χ2n) is 2.80. The number of carbonyl (C=O) groups excluding carboxylic acids is 1. The van der Waals surface area contributed by atoms with Crippen molar-refractivity contribution in [3.05, 3.63) is 0 Å². The van der Waals surface area contributed by atoms with Crippen molar-refractivity contribution in [2.75, 3.05) is 6.54 Å². The molecule has 0 radical (unpaired) electrons. The van der Waals surface area contributed by atoms with Crippen LogP contribution in [-0.2, 0) is 4.79 Å². The zero-order chi connectivity index (χ0) is 7.98. The van der Waals surface area contributed by atoms with Gasteiger partial charge in [0.2, 0.25) is 0 Å². The Kier molecular flexibility index (Phi) is 5.22. The number of nitrogens with two attached hydrogens (primary N) is 1. The summed E-state index contributed by atoms with van der Waals surface area (Å²) in [4.78, 5) is 10.7. The van der Waals surface area contributed by atoms with E-state index in [9.17, 15) is 4.79 Å². The van der Waals surface area contributed by atoms with E-state index in [1.807, 2.05) is 6.92 Å². The van der Waals surface area contributed by atoms with Crippen molar-refractivity contribution in [2.45, 2.75) is 33.1 Å². The molecule has 60 valence electrons. The number of unbranched alkanes of at least 4 members (excludes halogenated alkanes) is 1. The van der Waals surface area contributed by atoms with Crippen molar-refractivity contribution in [3.8, 4) is 0 Å². The molecule has 0 fully saturated rings. The van der Waals surface area contributed by atoms with Crippen molar-refractivity contribution in [3.63, 3.8) is 0 Å². The molecule has 0 aliphatic carbocycles. The fraction of sp³-hybridized carbons (Fsp3) is 0.875. The summed E-state index contributed by atoms with van der Waals surface area (Å²) in [6, 6.07) is 0. The molecule has 2 nitrogen and oxygen atoms in total. The smallest absolute Gasteiger partial charge is 0.132 e. The lowest BCUT2D eigenvalue weighted by Gasteiger charge is -2.04. The predicted molar refractivity (Wildman–Crippen MR) is 42.8 cm³/mol. The Labute approximate surface area is 62.8 Å². The normalized spacial score (nSPS) is 13.1. The van der Waals surface area contributed by atoms with Gasteiger partial charge in [0.05, 0.1) is 0 Å². The van der Waals surface area contributed by atoms with Crippen LogP contribution in [0.3, 0.4) is 0 Å². The highest BCUT2D eigenvalue weighted by Crippen LogP contribution is 2.07. The fourth-order valence-corrected chi connectivity index (χ4v) is 0.798. The third kappa shape index (κ3) is 4.50. The zero-order valence-electron chi connectivity index (χ0n) is 6.89. The molecule has 1 atom stereocenters. The largest absolute Gasteiger partial charge is 0.330 e. The first-order valence-corrected chi connectivity index (χ1v) is 3.89. The summed E-state index contributed by atoms with van der Waals surface area (Å²) in [6.45, 7) is 4.36. The summed E-state index contributed by atoms with van der Waals surface area (Å²) >= 11 is 0. The van der Waals surface area contributed by atoms with Crippen molar-refractivity contribution < 1.29 is 4.79 Å². The van der Waals surface area contributed by atoms with Crippen molar-refractivity contribution in [1.29, 1.82) is 0 Å². The standard InChI is InChI=1S/C8H17NO/c1-7(8(2)10)5-3-4-6-9/h7H,3-6,9H2,1-2H3/t7-/m0/s1. The van der Waals surface area contributed by atoms with E-state index >= 15 is 0 Å². The molecule has 0 spiro atoms. The van der Waals surface area contributed by atoms with E-state index in [2.05, 4.69) is 0 Å². The number of hydrogen-bond acceptors (Lipinski definition) is 2. The molecule has 0 aliphatic heterocycles. The molecule has 0 rings (SSSR count). The lowest BCUT2D eigenvalue weighted by atomic mass is 10.0. The Hall–Kier alpha value is -0.370. The Morgan fingerprint density at radius 2 is 2.10 bits per heavy atom. The highest BCUT2D eigenvalue weighted by molar-refractivity contribution is 5.77. The van der Waals surface area contributed by atoms with Crippen LogP contribution in [0.4, 0.5) is 0 Å². The summed E-state index contributed by atoms with van der Waals surface area (Å²) in [7, 11) is 0. The van der Waals surface area contributed by atoms with Crippen LogP contribution in [0, 0.1) is 5.92 Å². The molecule has 0 aromatic rings. The van der Waals surface area contributed by atoms with Crippen molar-refractivity contribution >= 4 is 5.78 Å². The second kappa shape index (κ2) is 5.42. The fourth-order valence-electron chi connectivity index (χ4n) is 0.798. The third-order valence-electron chi connectivity index (χ3n) is 1.79. The second-order valence-corrected chi connectivity index (χ2v) is 2.80. The lowest BCUT2D eigenvalue weighted by Crippen LogP contribution is -2.07. The SMILES string of the molecule is CC(=O)[C@@H](C)CCCCN. The number of Topliss-reactive ketones (excluding diaryl/α,β-unsaturated/α-hetero) is 1. The van der Waals surface area contributed by atoms with E-state index in [1.165, 1.54) is 0 Å². The van der Waals surface area contributed by atoms with Gasteiger partial charge in [0, 0.05) is 5.92 Å². The molecule has 0 saturated carbocycles. The molecule has 2 heteroatoms. The summed E-state index contributed by atoms with van der Waals surface area (Å²) in [5, 5.41) is 0.